The van der Waals surface area contributed by atoms with E-state index >= 15 is 0 Å². The smallest absolute Gasteiger partial charge is 0.307 e. The van der Waals surface area contributed by atoms with Gasteiger partial charge in [-0.2, -0.15) is 4.39 Å². The molecule has 0 radical (unpaired) electrons. The van der Waals surface area contributed by atoms with E-state index in [1.807, 2.05) is 0 Å². The summed E-state index contributed by atoms with van der Waals surface area (Å²) in [5.74, 6) is -3.32. The summed E-state index contributed by atoms with van der Waals surface area (Å²) in [4.78, 5) is 21.2. The third-order valence-corrected chi connectivity index (χ3v) is 2.85. The number of nitro groups is 1. The van der Waals surface area contributed by atoms with Crippen LogP contribution in [0.5, 0.6) is 0 Å². The Hall–Kier alpha value is -2.13. The zero-order chi connectivity index (χ0) is 15.4. The summed E-state index contributed by atoms with van der Waals surface area (Å²) in [7, 11) is 0. The molecule has 114 valence electrons. The molecule has 1 saturated heterocycles. The Bertz CT molecular complexity index is 561. The molecule has 1 N–H and O–H groups in total. The fourth-order valence-electron chi connectivity index (χ4n) is 1.81. The van der Waals surface area contributed by atoms with Gasteiger partial charge in [0.1, 0.15) is 5.82 Å². The normalized spacial score (nSPS) is 18.3. The molecule has 21 heavy (non-hydrogen) atoms. The molecule has 1 heterocycles. The van der Waals surface area contributed by atoms with Crippen molar-refractivity contribution in [3.05, 3.63) is 39.4 Å². The molecule has 0 spiro atoms. The van der Waals surface area contributed by atoms with Crippen molar-refractivity contribution < 1.29 is 28.0 Å². The number of rotatable bonds is 4. The highest BCUT2D eigenvalue weighted by Crippen LogP contribution is 2.21. The number of carbonyl (C=O) groups is 1. The maximum atomic E-state index is 13.6. The van der Waals surface area contributed by atoms with Crippen molar-refractivity contribution in [2.45, 2.75) is 6.10 Å². The fraction of sp³-hybridized carbons (Fsp3) is 0.417. The van der Waals surface area contributed by atoms with Gasteiger partial charge < -0.3 is 14.8 Å². The van der Waals surface area contributed by atoms with E-state index < -0.39 is 33.7 Å². The Morgan fingerprint density at radius 2 is 2.14 bits per heavy atom. The summed E-state index contributed by atoms with van der Waals surface area (Å²) in [6.07, 6.45) is -0.367. The number of nitro benzene ring substituents is 1. The first-order valence-corrected chi connectivity index (χ1v) is 6.10. The second-order valence-corrected chi connectivity index (χ2v) is 4.32. The lowest BCUT2D eigenvalue weighted by Crippen LogP contribution is -2.40. The number of ether oxygens (including phenoxy) is 2. The van der Waals surface area contributed by atoms with Crippen LogP contribution in [0, 0.1) is 21.7 Å². The van der Waals surface area contributed by atoms with E-state index in [-0.39, 0.29) is 19.3 Å². The van der Waals surface area contributed by atoms with Crippen LogP contribution in [-0.4, -0.2) is 43.3 Å². The van der Waals surface area contributed by atoms with Crippen molar-refractivity contribution in [2.75, 3.05) is 26.4 Å². The van der Waals surface area contributed by atoms with Crippen LogP contribution in [0.1, 0.15) is 10.4 Å². The second kappa shape index (κ2) is 6.55. The van der Waals surface area contributed by atoms with Crippen LogP contribution in [0.15, 0.2) is 12.1 Å². The van der Waals surface area contributed by atoms with Gasteiger partial charge in [-0.15, -0.1) is 0 Å². The molecule has 0 bridgehead atoms. The number of nitrogens with one attached hydrogen (secondary N) is 1. The highest BCUT2D eigenvalue weighted by Gasteiger charge is 2.23. The first-order valence-electron chi connectivity index (χ1n) is 6.10. The molecule has 1 unspecified atom stereocenters. The summed E-state index contributed by atoms with van der Waals surface area (Å²) in [6.45, 7) is 1.21. The molecule has 0 saturated carbocycles. The lowest BCUT2D eigenvalue weighted by Gasteiger charge is -2.23. The van der Waals surface area contributed by atoms with Gasteiger partial charge in [-0.1, -0.05) is 0 Å². The molecule has 1 aliphatic rings. The lowest BCUT2D eigenvalue weighted by molar-refractivity contribution is -0.387. The molecular formula is C12H12F2N2O5. The van der Waals surface area contributed by atoms with Crippen molar-refractivity contribution in [2.24, 2.45) is 0 Å². The number of nitrogens with zero attached hydrogens (tertiary/aromatic N) is 1. The number of amides is 1. The molecule has 1 amide bonds. The van der Waals surface area contributed by atoms with Gasteiger partial charge in [0.2, 0.25) is 5.82 Å². The first-order chi connectivity index (χ1) is 9.99. The monoisotopic (exact) mass is 302 g/mol. The Morgan fingerprint density at radius 1 is 1.38 bits per heavy atom. The molecule has 1 aromatic rings. The van der Waals surface area contributed by atoms with Crippen LogP contribution in [0.4, 0.5) is 14.5 Å². The highest BCUT2D eigenvalue weighted by molar-refractivity contribution is 5.94. The summed E-state index contributed by atoms with van der Waals surface area (Å²) in [5, 5.41) is 12.8. The molecule has 9 heteroatoms. The summed E-state index contributed by atoms with van der Waals surface area (Å²) in [6, 6.07) is 0.880. The molecule has 0 aromatic heterocycles. The third kappa shape index (κ3) is 3.70. The molecule has 1 fully saturated rings. The molecule has 2 rings (SSSR count). The van der Waals surface area contributed by atoms with E-state index in [4.69, 9.17) is 9.47 Å². The predicted molar refractivity (Wildman–Crippen MR) is 65.9 cm³/mol. The van der Waals surface area contributed by atoms with Gasteiger partial charge in [0.05, 0.1) is 42.5 Å². The van der Waals surface area contributed by atoms with E-state index in [0.29, 0.717) is 25.3 Å². The molecule has 0 aliphatic carbocycles. The standard InChI is InChI=1S/C12H12F2N2O5/c13-9-4-11(16(18)19)10(14)3-8(9)12(17)15-5-7-6-20-1-2-21-7/h3-4,7H,1-2,5-6H2,(H,15,17). The topological polar surface area (TPSA) is 90.7 Å². The molecular weight excluding hydrogens is 290 g/mol. The lowest BCUT2D eigenvalue weighted by atomic mass is 10.1. The van der Waals surface area contributed by atoms with Gasteiger partial charge in [0.15, 0.2) is 0 Å². The van der Waals surface area contributed by atoms with E-state index in [9.17, 15) is 23.7 Å². The predicted octanol–water partition coefficient (Wildman–Crippen LogP) is 1.02. The van der Waals surface area contributed by atoms with Crippen molar-refractivity contribution in [1.82, 2.24) is 5.32 Å². The highest BCUT2D eigenvalue weighted by atomic mass is 19.1. The average molecular weight is 302 g/mol. The second-order valence-electron chi connectivity index (χ2n) is 4.32. The van der Waals surface area contributed by atoms with E-state index in [1.54, 1.807) is 0 Å². The Morgan fingerprint density at radius 3 is 2.76 bits per heavy atom. The number of carbonyl (C=O) groups excluding carboxylic acids is 1. The van der Waals surface area contributed by atoms with Crippen LogP contribution in [0.3, 0.4) is 0 Å². The van der Waals surface area contributed by atoms with Gasteiger partial charge in [-0.05, 0) is 6.07 Å². The van der Waals surface area contributed by atoms with E-state index in [2.05, 4.69) is 5.32 Å². The van der Waals surface area contributed by atoms with Crippen LogP contribution in [0.2, 0.25) is 0 Å². The van der Waals surface area contributed by atoms with E-state index in [0.717, 1.165) is 0 Å². The van der Waals surface area contributed by atoms with Crippen molar-refractivity contribution in [1.29, 1.82) is 0 Å². The maximum Gasteiger partial charge on any atom is 0.307 e. The van der Waals surface area contributed by atoms with Crippen LogP contribution in [-0.2, 0) is 9.47 Å². The summed E-state index contributed by atoms with van der Waals surface area (Å²) < 4.78 is 37.4. The minimum Gasteiger partial charge on any atom is -0.376 e. The number of halogens is 2. The molecule has 1 atom stereocenters. The number of benzene rings is 1. The summed E-state index contributed by atoms with van der Waals surface area (Å²) in [5.41, 5.74) is -1.62. The molecule has 1 aliphatic heterocycles. The number of hydrogen-bond acceptors (Lipinski definition) is 5. The van der Waals surface area contributed by atoms with Gasteiger partial charge >= 0.3 is 5.69 Å². The minimum atomic E-state index is -1.27. The Kier molecular flexibility index (Phi) is 4.76. The van der Waals surface area contributed by atoms with Gasteiger partial charge in [-0.3, -0.25) is 14.9 Å². The zero-order valence-electron chi connectivity index (χ0n) is 10.8. The summed E-state index contributed by atoms with van der Waals surface area (Å²) >= 11 is 0. The van der Waals surface area contributed by atoms with Crippen LogP contribution < -0.4 is 5.32 Å². The number of hydrogen-bond donors (Lipinski definition) is 1. The van der Waals surface area contributed by atoms with Crippen LogP contribution >= 0.6 is 0 Å². The zero-order valence-corrected chi connectivity index (χ0v) is 10.8. The van der Waals surface area contributed by atoms with Gasteiger partial charge in [0.25, 0.3) is 5.91 Å². The Balaban J connectivity index is 2.05. The Labute approximate surface area is 118 Å². The van der Waals surface area contributed by atoms with Gasteiger partial charge in [-0.25, -0.2) is 4.39 Å². The van der Waals surface area contributed by atoms with Gasteiger partial charge in [0, 0.05) is 6.54 Å². The van der Waals surface area contributed by atoms with E-state index in [1.165, 1.54) is 0 Å². The maximum absolute atomic E-state index is 13.6. The minimum absolute atomic E-state index is 0.0663. The molecule has 1 aromatic carbocycles. The van der Waals surface area contributed by atoms with Crippen LogP contribution in [0.25, 0.3) is 0 Å². The van der Waals surface area contributed by atoms with Crippen molar-refractivity contribution in [3.8, 4) is 0 Å². The SMILES string of the molecule is O=C(NCC1COCCO1)c1cc(F)c([N+](=O)[O-])cc1F. The average Bonchev–Trinajstić information content (AvgIpc) is 2.47. The van der Waals surface area contributed by atoms with Crippen molar-refractivity contribution in [3.63, 3.8) is 0 Å². The fourth-order valence-corrected chi connectivity index (χ4v) is 1.81. The largest absolute Gasteiger partial charge is 0.376 e. The quantitative estimate of drug-likeness (QED) is 0.662. The van der Waals surface area contributed by atoms with Crippen molar-refractivity contribution >= 4 is 11.6 Å². The third-order valence-electron chi connectivity index (χ3n) is 2.85. The molecule has 7 nitrogen and oxygen atoms in total. The first kappa shape index (κ1) is 15.3.